The molecule has 41 heavy (non-hydrogen) atoms. The number of pyridine rings is 1. The van der Waals surface area contributed by atoms with Crippen LogP contribution in [0.25, 0.3) is 5.82 Å². The van der Waals surface area contributed by atoms with Gasteiger partial charge in [0.2, 0.25) is 5.88 Å². The maximum Gasteiger partial charge on any atom is 0.394 e. The van der Waals surface area contributed by atoms with Gasteiger partial charge in [-0.1, -0.05) is 19.1 Å². The van der Waals surface area contributed by atoms with Gasteiger partial charge in [-0.25, -0.2) is 9.67 Å². The van der Waals surface area contributed by atoms with E-state index in [-0.39, 0.29) is 48.8 Å². The van der Waals surface area contributed by atoms with E-state index in [1.807, 2.05) is 0 Å². The number of aromatic nitrogens is 3. The lowest BCUT2D eigenvalue weighted by Crippen LogP contribution is -2.40. The number of hydrogen-bond acceptors (Lipinski definition) is 8. The molecule has 3 heterocycles. The van der Waals surface area contributed by atoms with Crippen LogP contribution in [0.1, 0.15) is 56.8 Å². The predicted octanol–water partition coefficient (Wildman–Crippen LogP) is 6.08. The van der Waals surface area contributed by atoms with Gasteiger partial charge in [0.1, 0.15) is 5.82 Å². The third-order valence-electron chi connectivity index (χ3n) is 7.65. The first kappa shape index (κ1) is 28.9. The van der Waals surface area contributed by atoms with Crippen molar-refractivity contribution in [3.63, 3.8) is 0 Å². The lowest BCUT2D eigenvalue weighted by molar-refractivity contribution is -0.190. The quantitative estimate of drug-likeness (QED) is 0.216. The Kier molecular flexibility index (Phi) is 7.75. The Balaban J connectivity index is 1.33. The number of aromatic hydroxyl groups is 1. The van der Waals surface area contributed by atoms with Crippen molar-refractivity contribution in [2.45, 2.75) is 58.2 Å². The maximum atomic E-state index is 13.3. The maximum absolute atomic E-state index is 13.3. The fourth-order valence-electron chi connectivity index (χ4n) is 5.28. The molecule has 3 aromatic rings. The Morgan fingerprint density at radius 2 is 1.95 bits per heavy atom. The van der Waals surface area contributed by atoms with Crippen LogP contribution in [0.4, 0.5) is 19.0 Å². The van der Waals surface area contributed by atoms with Crippen LogP contribution in [0.15, 0.2) is 48.7 Å². The first-order chi connectivity index (χ1) is 19.4. The Bertz CT molecular complexity index is 1410. The summed E-state index contributed by atoms with van der Waals surface area (Å²) in [7, 11) is 0. The van der Waals surface area contributed by atoms with Crippen molar-refractivity contribution >= 4 is 24.0 Å². The predicted molar refractivity (Wildman–Crippen MR) is 148 cm³/mol. The molecule has 2 N–H and O–H groups in total. The second-order valence-corrected chi connectivity index (χ2v) is 11.9. The summed E-state index contributed by atoms with van der Waals surface area (Å²) >= 11 is 0.684. The zero-order valence-electron chi connectivity index (χ0n) is 22.9. The number of alkyl halides is 3. The van der Waals surface area contributed by atoms with Gasteiger partial charge < -0.3 is 18.9 Å². The zero-order chi connectivity index (χ0) is 29.4. The highest BCUT2D eigenvalue weighted by molar-refractivity contribution is 7.93. The van der Waals surface area contributed by atoms with Crippen LogP contribution in [0.3, 0.4) is 0 Å². The first-order valence-corrected chi connectivity index (χ1v) is 14.1. The topological polar surface area (TPSA) is 102 Å². The van der Waals surface area contributed by atoms with Gasteiger partial charge in [-0.2, -0.15) is 13.2 Å². The molecule has 1 saturated heterocycles. The van der Waals surface area contributed by atoms with Gasteiger partial charge in [0, 0.05) is 24.3 Å². The van der Waals surface area contributed by atoms with Crippen molar-refractivity contribution < 1.29 is 32.0 Å². The number of nitrogens with one attached hydrogen (secondary N) is 1. The average Bonchev–Trinajstić information content (AvgIpc) is 3.47. The van der Waals surface area contributed by atoms with Gasteiger partial charge in [0.25, 0.3) is 5.91 Å². The van der Waals surface area contributed by atoms with Crippen LogP contribution in [0, 0.1) is 11.3 Å². The summed E-state index contributed by atoms with van der Waals surface area (Å²) < 4.78 is 54.7. The monoisotopic (exact) mass is 591 g/mol. The van der Waals surface area contributed by atoms with Gasteiger partial charge in [-0.3, -0.25) is 9.52 Å². The normalized spacial score (nSPS) is 19.2. The molecule has 1 amide bonds. The van der Waals surface area contributed by atoms with Crippen molar-refractivity contribution in [1.82, 2.24) is 19.5 Å². The number of phenolic OH excluding ortho intramolecular Hbond substituents is 1. The second-order valence-electron chi connectivity index (χ2n) is 11.3. The molecule has 1 unspecified atom stereocenters. The third kappa shape index (κ3) is 6.19. The van der Waals surface area contributed by atoms with Crippen molar-refractivity contribution in [1.29, 1.82) is 0 Å². The Labute approximate surface area is 240 Å². The molecule has 1 aromatic carbocycles. The van der Waals surface area contributed by atoms with Crippen LogP contribution in [0.5, 0.6) is 17.4 Å². The molecular formula is C28H32F3N5O4S. The number of benzene rings is 1. The number of amides is 1. The summed E-state index contributed by atoms with van der Waals surface area (Å²) in [6, 6.07) is 11.3. The van der Waals surface area contributed by atoms with Crippen LogP contribution in [-0.2, 0) is 0 Å². The second kappa shape index (κ2) is 11.0. The fraction of sp³-hybridized carbons (Fsp3) is 0.464. The van der Waals surface area contributed by atoms with Gasteiger partial charge in [0.15, 0.2) is 29.5 Å². The van der Waals surface area contributed by atoms with Crippen molar-refractivity contribution in [2.75, 3.05) is 18.1 Å². The molecule has 0 spiro atoms. The van der Waals surface area contributed by atoms with Gasteiger partial charge >= 0.3 is 6.18 Å². The lowest BCUT2D eigenvalue weighted by atomic mass is 9.97. The molecule has 1 saturated carbocycles. The number of anilines is 1. The highest BCUT2D eigenvalue weighted by atomic mass is 32.2. The Hall–Kier alpha value is -3.61. The van der Waals surface area contributed by atoms with Crippen LogP contribution < -0.4 is 18.5 Å². The molecular weight excluding hydrogens is 559 g/mol. The molecule has 1 aliphatic carbocycles. The molecule has 1 atom stereocenters. The van der Waals surface area contributed by atoms with E-state index in [9.17, 15) is 23.1 Å². The number of para-hydroxylation sites is 2. The minimum Gasteiger partial charge on any atom is -0.504 e. The highest BCUT2D eigenvalue weighted by Gasteiger charge is 2.62. The number of carbonyl (C=O) groups is 1. The van der Waals surface area contributed by atoms with Gasteiger partial charge in [-0.15, -0.1) is 5.10 Å². The molecule has 13 heteroatoms. The van der Waals surface area contributed by atoms with Crippen molar-refractivity contribution in [3.05, 3.63) is 54.2 Å². The summed E-state index contributed by atoms with van der Waals surface area (Å²) in [6.07, 6.45) is -1.55. The number of carbonyl (C=O) groups excluding carboxylic acids is 1. The smallest absolute Gasteiger partial charge is 0.394 e. The molecule has 2 aromatic heterocycles. The minimum absolute atomic E-state index is 0.0521. The van der Waals surface area contributed by atoms with Crippen LogP contribution >= 0.6 is 12.2 Å². The van der Waals surface area contributed by atoms with E-state index in [0.29, 0.717) is 41.9 Å². The average molecular weight is 592 g/mol. The standard InChI is InChI=1S/C28H32F3N5O4S/c1-18-16-26(2,3)35(17-18)24-19(25(38)34-41-40-21-7-5-4-6-20(21)37)8-9-22(32-24)36-14-10-23(33-36)39-15-13-27(11-12-27)28(29,30)31/h4-10,14,18,37H,11-13,15-17H2,1-3H3,(H,34,38). The number of hydrogen-bond donors (Lipinski definition) is 2. The van der Waals surface area contributed by atoms with Crippen LogP contribution in [0.2, 0.25) is 0 Å². The van der Waals surface area contributed by atoms with E-state index in [4.69, 9.17) is 13.9 Å². The number of ether oxygens (including phenoxy) is 1. The third-order valence-corrected chi connectivity index (χ3v) is 8.18. The van der Waals surface area contributed by atoms with Gasteiger partial charge in [-0.05, 0) is 69.7 Å². The molecule has 2 fully saturated rings. The van der Waals surface area contributed by atoms with Crippen molar-refractivity contribution in [2.24, 2.45) is 11.3 Å². The van der Waals surface area contributed by atoms with E-state index in [1.54, 1.807) is 42.6 Å². The van der Waals surface area contributed by atoms with E-state index in [1.165, 1.54) is 10.7 Å². The number of rotatable bonds is 10. The van der Waals surface area contributed by atoms with E-state index < -0.39 is 17.5 Å². The van der Waals surface area contributed by atoms with E-state index >= 15 is 0 Å². The molecule has 9 nitrogen and oxygen atoms in total. The summed E-state index contributed by atoms with van der Waals surface area (Å²) in [6.45, 7) is 6.93. The summed E-state index contributed by atoms with van der Waals surface area (Å²) in [5.41, 5.74) is -1.57. The largest absolute Gasteiger partial charge is 0.504 e. The van der Waals surface area contributed by atoms with E-state index in [2.05, 4.69) is 35.5 Å². The Morgan fingerprint density at radius 1 is 1.20 bits per heavy atom. The molecule has 0 bridgehead atoms. The van der Waals surface area contributed by atoms with Gasteiger partial charge in [0.05, 0.1) is 17.6 Å². The zero-order valence-corrected chi connectivity index (χ0v) is 23.8. The SMILES string of the molecule is CC1CN(c2nc(-n3ccc(OCCC4(C(F)(F)F)CC4)n3)ccc2C(=O)NSOc2ccccc2O)C(C)(C)C1. The number of phenols is 1. The Morgan fingerprint density at radius 3 is 2.61 bits per heavy atom. The van der Waals surface area contributed by atoms with Crippen molar-refractivity contribution in [3.8, 4) is 23.2 Å². The molecule has 220 valence electrons. The highest BCUT2D eigenvalue weighted by Crippen LogP contribution is 2.59. The molecule has 2 aliphatic rings. The number of halogens is 3. The van der Waals surface area contributed by atoms with Crippen LogP contribution in [-0.4, -0.2) is 50.6 Å². The first-order valence-electron chi connectivity index (χ1n) is 13.3. The number of nitrogens with zero attached hydrogens (tertiary/aromatic N) is 4. The fourth-order valence-corrected chi connectivity index (χ4v) is 5.74. The molecule has 0 radical (unpaired) electrons. The summed E-state index contributed by atoms with van der Waals surface area (Å²) in [5, 5.41) is 14.2. The minimum atomic E-state index is -4.22. The summed E-state index contributed by atoms with van der Waals surface area (Å²) in [5.74, 6) is 1.19. The molecule has 1 aliphatic heterocycles. The molecule has 5 rings (SSSR count). The summed E-state index contributed by atoms with van der Waals surface area (Å²) in [4.78, 5) is 20.2. The van der Waals surface area contributed by atoms with E-state index in [0.717, 1.165) is 6.42 Å². The lowest BCUT2D eigenvalue weighted by Gasteiger charge is -2.33.